The number of hydrogen-bond donors (Lipinski definition) is 1. The van der Waals surface area contributed by atoms with Crippen LogP contribution in [-0.2, 0) is 6.42 Å². The molecular formula is C14H17N3. The highest BCUT2D eigenvalue weighted by Gasteiger charge is 2.05. The van der Waals surface area contributed by atoms with Gasteiger partial charge in [0.1, 0.15) is 0 Å². The lowest BCUT2D eigenvalue weighted by Gasteiger charge is -2.14. The van der Waals surface area contributed by atoms with Crippen LogP contribution in [0, 0.1) is 0 Å². The van der Waals surface area contributed by atoms with Crippen molar-refractivity contribution in [3.05, 3.63) is 53.9 Å². The van der Waals surface area contributed by atoms with Crippen molar-refractivity contribution >= 4 is 5.95 Å². The third-order valence-electron chi connectivity index (χ3n) is 2.80. The van der Waals surface area contributed by atoms with Crippen LogP contribution in [0.3, 0.4) is 0 Å². The van der Waals surface area contributed by atoms with Crippen LogP contribution in [0.4, 0.5) is 5.95 Å². The van der Waals surface area contributed by atoms with Crippen LogP contribution in [-0.4, -0.2) is 9.97 Å². The lowest BCUT2D eigenvalue weighted by molar-refractivity contribution is 0.859. The van der Waals surface area contributed by atoms with Gasteiger partial charge in [0, 0.05) is 12.4 Å². The van der Waals surface area contributed by atoms with E-state index in [9.17, 15) is 0 Å². The average Bonchev–Trinajstić information content (AvgIpc) is 2.40. The molecule has 17 heavy (non-hydrogen) atoms. The first-order valence-electron chi connectivity index (χ1n) is 5.92. The highest BCUT2D eigenvalue weighted by Crippen LogP contribution is 2.17. The molecule has 0 saturated carbocycles. The van der Waals surface area contributed by atoms with Crippen molar-refractivity contribution in [2.45, 2.75) is 26.3 Å². The smallest absolute Gasteiger partial charge is 0.223 e. The summed E-state index contributed by atoms with van der Waals surface area (Å²) in [6.07, 6.45) is 4.55. The molecule has 1 atom stereocenters. The zero-order valence-corrected chi connectivity index (χ0v) is 10.2. The van der Waals surface area contributed by atoms with Gasteiger partial charge in [0.05, 0.1) is 6.04 Å². The number of anilines is 1. The third kappa shape index (κ3) is 3.03. The molecule has 3 heteroatoms. The molecule has 1 N–H and O–H groups in total. The number of nitrogens with zero attached hydrogens (tertiary/aromatic N) is 2. The van der Waals surface area contributed by atoms with Crippen LogP contribution in [0.15, 0.2) is 42.7 Å². The molecule has 0 aliphatic carbocycles. The first-order valence-corrected chi connectivity index (χ1v) is 5.92. The molecule has 0 bridgehead atoms. The fourth-order valence-electron chi connectivity index (χ4n) is 1.69. The van der Waals surface area contributed by atoms with Gasteiger partial charge in [-0.15, -0.1) is 0 Å². The first-order chi connectivity index (χ1) is 8.29. The second-order valence-corrected chi connectivity index (χ2v) is 4.03. The van der Waals surface area contributed by atoms with Crippen molar-refractivity contribution in [3.63, 3.8) is 0 Å². The lowest BCUT2D eigenvalue weighted by atomic mass is 10.1. The summed E-state index contributed by atoms with van der Waals surface area (Å²) in [5.41, 5.74) is 2.60. The van der Waals surface area contributed by atoms with Gasteiger partial charge in [-0.05, 0) is 30.5 Å². The maximum atomic E-state index is 4.16. The Morgan fingerprint density at radius 1 is 1.12 bits per heavy atom. The highest BCUT2D eigenvalue weighted by molar-refractivity contribution is 5.32. The van der Waals surface area contributed by atoms with Crippen molar-refractivity contribution in [2.24, 2.45) is 0 Å². The largest absolute Gasteiger partial charge is 0.348 e. The molecule has 0 amide bonds. The summed E-state index contributed by atoms with van der Waals surface area (Å²) in [6, 6.07) is 10.7. The van der Waals surface area contributed by atoms with E-state index >= 15 is 0 Å². The highest BCUT2D eigenvalue weighted by atomic mass is 15.1. The van der Waals surface area contributed by atoms with Gasteiger partial charge in [0.2, 0.25) is 5.95 Å². The Morgan fingerprint density at radius 3 is 2.35 bits per heavy atom. The maximum absolute atomic E-state index is 4.16. The average molecular weight is 227 g/mol. The summed E-state index contributed by atoms with van der Waals surface area (Å²) < 4.78 is 0. The van der Waals surface area contributed by atoms with E-state index in [1.807, 2.05) is 6.07 Å². The normalized spacial score (nSPS) is 12.1. The Balaban J connectivity index is 2.06. The van der Waals surface area contributed by atoms with Crippen LogP contribution in [0.25, 0.3) is 0 Å². The van der Waals surface area contributed by atoms with Crippen LogP contribution < -0.4 is 5.32 Å². The van der Waals surface area contributed by atoms with Crippen molar-refractivity contribution in [1.29, 1.82) is 0 Å². The van der Waals surface area contributed by atoms with E-state index in [1.165, 1.54) is 11.1 Å². The molecule has 1 unspecified atom stereocenters. The Hall–Kier alpha value is -1.90. The molecule has 0 spiro atoms. The van der Waals surface area contributed by atoms with Crippen molar-refractivity contribution in [1.82, 2.24) is 9.97 Å². The fourth-order valence-corrected chi connectivity index (χ4v) is 1.69. The monoisotopic (exact) mass is 227 g/mol. The standard InChI is InChI=1S/C14H17N3/c1-3-12-5-7-13(8-6-12)11(2)17-14-15-9-4-10-16-14/h4-11H,3H2,1-2H3,(H,15,16,17). The molecule has 0 saturated heterocycles. The summed E-state index contributed by atoms with van der Waals surface area (Å²) in [7, 11) is 0. The summed E-state index contributed by atoms with van der Waals surface area (Å²) in [5, 5.41) is 3.27. The molecular weight excluding hydrogens is 210 g/mol. The van der Waals surface area contributed by atoms with Gasteiger partial charge in [0.15, 0.2) is 0 Å². The Labute approximate surface area is 102 Å². The number of aromatic nitrogens is 2. The van der Waals surface area contributed by atoms with E-state index < -0.39 is 0 Å². The van der Waals surface area contributed by atoms with Crippen LogP contribution in [0.1, 0.15) is 31.0 Å². The predicted octanol–water partition coefficient (Wildman–Crippen LogP) is 3.21. The number of nitrogens with one attached hydrogen (secondary N) is 1. The van der Waals surface area contributed by atoms with Crippen LogP contribution >= 0.6 is 0 Å². The number of benzene rings is 1. The lowest BCUT2D eigenvalue weighted by Crippen LogP contribution is -2.08. The second kappa shape index (κ2) is 5.43. The molecule has 1 aromatic carbocycles. The van der Waals surface area contributed by atoms with Gasteiger partial charge in [0.25, 0.3) is 0 Å². The van der Waals surface area contributed by atoms with Gasteiger partial charge < -0.3 is 5.32 Å². The predicted molar refractivity (Wildman–Crippen MR) is 69.9 cm³/mol. The van der Waals surface area contributed by atoms with Crippen molar-refractivity contribution in [2.75, 3.05) is 5.32 Å². The van der Waals surface area contributed by atoms with E-state index in [2.05, 4.69) is 53.4 Å². The zero-order chi connectivity index (χ0) is 12.1. The number of hydrogen-bond acceptors (Lipinski definition) is 3. The van der Waals surface area contributed by atoms with Crippen molar-refractivity contribution in [3.8, 4) is 0 Å². The summed E-state index contributed by atoms with van der Waals surface area (Å²) in [5.74, 6) is 0.666. The topological polar surface area (TPSA) is 37.8 Å². The first kappa shape index (κ1) is 11.6. The number of rotatable bonds is 4. The summed E-state index contributed by atoms with van der Waals surface area (Å²) in [4.78, 5) is 8.31. The molecule has 1 aromatic heterocycles. The molecule has 0 aliphatic heterocycles. The SMILES string of the molecule is CCc1ccc(C(C)Nc2ncccn2)cc1. The number of aryl methyl sites for hydroxylation is 1. The van der Waals surface area contributed by atoms with E-state index in [4.69, 9.17) is 0 Å². The van der Waals surface area contributed by atoms with Gasteiger partial charge in [-0.2, -0.15) is 0 Å². The zero-order valence-electron chi connectivity index (χ0n) is 10.2. The minimum absolute atomic E-state index is 0.211. The Bertz CT molecular complexity index is 451. The van der Waals surface area contributed by atoms with Gasteiger partial charge >= 0.3 is 0 Å². The van der Waals surface area contributed by atoms with E-state index in [1.54, 1.807) is 12.4 Å². The molecule has 3 nitrogen and oxygen atoms in total. The molecule has 88 valence electrons. The molecule has 0 fully saturated rings. The quantitative estimate of drug-likeness (QED) is 0.871. The van der Waals surface area contributed by atoms with E-state index in [-0.39, 0.29) is 6.04 Å². The molecule has 0 radical (unpaired) electrons. The molecule has 2 aromatic rings. The molecule has 2 rings (SSSR count). The van der Waals surface area contributed by atoms with Crippen LogP contribution in [0.5, 0.6) is 0 Å². The van der Waals surface area contributed by atoms with E-state index in [0.29, 0.717) is 5.95 Å². The maximum Gasteiger partial charge on any atom is 0.223 e. The minimum Gasteiger partial charge on any atom is -0.348 e. The minimum atomic E-state index is 0.211. The second-order valence-electron chi connectivity index (χ2n) is 4.03. The van der Waals surface area contributed by atoms with Crippen molar-refractivity contribution < 1.29 is 0 Å². The summed E-state index contributed by atoms with van der Waals surface area (Å²) in [6.45, 7) is 4.27. The Kier molecular flexibility index (Phi) is 3.70. The van der Waals surface area contributed by atoms with Gasteiger partial charge in [-0.25, -0.2) is 9.97 Å². The van der Waals surface area contributed by atoms with Gasteiger partial charge in [-0.3, -0.25) is 0 Å². The van der Waals surface area contributed by atoms with Gasteiger partial charge in [-0.1, -0.05) is 31.2 Å². The third-order valence-corrected chi connectivity index (χ3v) is 2.80. The Morgan fingerprint density at radius 2 is 1.76 bits per heavy atom. The van der Waals surface area contributed by atoms with E-state index in [0.717, 1.165) is 6.42 Å². The summed E-state index contributed by atoms with van der Waals surface area (Å²) >= 11 is 0. The molecule has 0 aliphatic rings. The van der Waals surface area contributed by atoms with Crippen LogP contribution in [0.2, 0.25) is 0 Å². The fraction of sp³-hybridized carbons (Fsp3) is 0.286. The molecule has 1 heterocycles.